The molecule has 0 bridgehead atoms. The van der Waals surface area contributed by atoms with Gasteiger partial charge < -0.3 is 14.2 Å². The maximum absolute atomic E-state index is 13.1. The average molecular weight is 409 g/mol. The number of amides is 1. The number of carbonyl (C=O) groups excluding carboxylic acids is 1. The summed E-state index contributed by atoms with van der Waals surface area (Å²) in [6, 6.07) is 9.76. The summed E-state index contributed by atoms with van der Waals surface area (Å²) in [5.41, 5.74) is 1.90. The molecule has 8 heteroatoms. The van der Waals surface area contributed by atoms with Crippen molar-refractivity contribution in [2.24, 2.45) is 5.92 Å². The number of nitrogens with zero attached hydrogens (tertiary/aromatic N) is 5. The topological polar surface area (TPSA) is 85.2 Å². The fraction of sp³-hybridized carbons (Fsp3) is 0.455. The quantitative estimate of drug-likeness (QED) is 0.577. The molecule has 1 amide bonds. The van der Waals surface area contributed by atoms with E-state index in [-0.39, 0.29) is 11.8 Å². The lowest BCUT2D eigenvalue weighted by atomic mass is 9.97. The van der Waals surface area contributed by atoms with Gasteiger partial charge in [-0.05, 0) is 44.4 Å². The highest BCUT2D eigenvalue weighted by molar-refractivity contribution is 5.93. The number of nitrogens with one attached hydrogen (secondary N) is 1. The zero-order valence-electron chi connectivity index (χ0n) is 17.3. The van der Waals surface area contributed by atoms with Crippen LogP contribution in [0.2, 0.25) is 0 Å². The second kappa shape index (κ2) is 9.67. The summed E-state index contributed by atoms with van der Waals surface area (Å²) in [5.74, 6) is 1.15. The predicted molar refractivity (Wildman–Crippen MR) is 116 cm³/mol. The Kier molecular flexibility index (Phi) is 6.53. The molecule has 3 aromatic rings. The number of hydrogen-bond acceptors (Lipinski definition) is 6. The first-order chi connectivity index (χ1) is 14.8. The molecule has 30 heavy (non-hydrogen) atoms. The Balaban J connectivity index is 1.48. The van der Waals surface area contributed by atoms with Gasteiger partial charge in [0.15, 0.2) is 0 Å². The zero-order valence-corrected chi connectivity index (χ0v) is 17.3. The van der Waals surface area contributed by atoms with Crippen molar-refractivity contribution >= 4 is 28.8 Å². The molecule has 1 aliphatic heterocycles. The molecular weight excluding hydrogens is 380 g/mol. The number of para-hydroxylation sites is 2. The number of hydrogen-bond donors (Lipinski definition) is 1. The van der Waals surface area contributed by atoms with Crippen LogP contribution in [0, 0.1) is 5.92 Å². The third-order valence-corrected chi connectivity index (χ3v) is 5.39. The van der Waals surface area contributed by atoms with Crippen molar-refractivity contribution in [1.82, 2.24) is 19.5 Å². The van der Waals surface area contributed by atoms with Crippen molar-refractivity contribution in [3.63, 3.8) is 0 Å². The summed E-state index contributed by atoms with van der Waals surface area (Å²) in [4.78, 5) is 28.5. The van der Waals surface area contributed by atoms with Gasteiger partial charge in [-0.2, -0.15) is 0 Å². The van der Waals surface area contributed by atoms with E-state index in [1.54, 1.807) is 18.5 Å². The molecule has 1 aliphatic rings. The summed E-state index contributed by atoms with van der Waals surface area (Å²) in [6.07, 6.45) is 6.10. The SMILES string of the molecule is CCOCCCn1c(NC(=O)C2CCCN(c3ncccn3)C2)nc2ccccc21. The Hall–Kier alpha value is -3.00. The minimum Gasteiger partial charge on any atom is -0.382 e. The molecule has 2 aromatic heterocycles. The number of ether oxygens (including phenoxy) is 1. The minimum absolute atomic E-state index is 0.00278. The number of anilines is 2. The van der Waals surface area contributed by atoms with Crippen LogP contribution >= 0.6 is 0 Å². The lowest BCUT2D eigenvalue weighted by Crippen LogP contribution is -2.41. The summed E-state index contributed by atoms with van der Waals surface area (Å²) in [6.45, 7) is 5.60. The summed E-state index contributed by atoms with van der Waals surface area (Å²) in [5, 5.41) is 3.09. The highest BCUT2D eigenvalue weighted by Crippen LogP contribution is 2.24. The molecule has 0 spiro atoms. The summed E-state index contributed by atoms with van der Waals surface area (Å²) >= 11 is 0. The first-order valence-corrected chi connectivity index (χ1v) is 10.6. The first kappa shape index (κ1) is 20.3. The highest BCUT2D eigenvalue weighted by Gasteiger charge is 2.28. The van der Waals surface area contributed by atoms with Gasteiger partial charge >= 0.3 is 0 Å². The molecule has 1 unspecified atom stereocenters. The third-order valence-electron chi connectivity index (χ3n) is 5.39. The van der Waals surface area contributed by atoms with Gasteiger partial charge in [0, 0.05) is 45.2 Å². The third kappa shape index (κ3) is 4.59. The van der Waals surface area contributed by atoms with Crippen molar-refractivity contribution in [3.05, 3.63) is 42.7 Å². The molecule has 1 aromatic carbocycles. The molecule has 1 fully saturated rings. The van der Waals surface area contributed by atoms with E-state index < -0.39 is 0 Å². The predicted octanol–water partition coefficient (Wildman–Crippen LogP) is 3.11. The number of carbonyl (C=O) groups is 1. The molecular formula is C22H28N6O2. The standard InChI is InChI=1S/C22H28N6O2/c1-2-30-15-7-14-28-19-10-4-3-9-18(19)25-22(28)26-20(29)17-8-5-13-27(16-17)21-23-11-6-12-24-21/h3-4,6,9-12,17H,2,5,7-8,13-16H2,1H3,(H,25,26,29). The van der Waals surface area contributed by atoms with Crippen molar-refractivity contribution in [3.8, 4) is 0 Å². The normalized spacial score (nSPS) is 16.7. The van der Waals surface area contributed by atoms with E-state index in [4.69, 9.17) is 4.74 Å². The van der Waals surface area contributed by atoms with Crippen LogP contribution in [0.1, 0.15) is 26.2 Å². The molecule has 0 aliphatic carbocycles. The second-order valence-electron chi connectivity index (χ2n) is 7.45. The van der Waals surface area contributed by atoms with Crippen molar-refractivity contribution in [2.45, 2.75) is 32.7 Å². The summed E-state index contributed by atoms with van der Waals surface area (Å²) < 4.78 is 7.55. The Bertz CT molecular complexity index is 974. The largest absolute Gasteiger partial charge is 0.382 e. The van der Waals surface area contributed by atoms with Gasteiger partial charge in [0.05, 0.1) is 17.0 Å². The van der Waals surface area contributed by atoms with Crippen molar-refractivity contribution in [1.29, 1.82) is 0 Å². The molecule has 1 saturated heterocycles. The van der Waals surface area contributed by atoms with Crippen LogP contribution in [0.25, 0.3) is 11.0 Å². The van der Waals surface area contributed by atoms with Crippen LogP contribution in [-0.4, -0.2) is 51.7 Å². The lowest BCUT2D eigenvalue weighted by Gasteiger charge is -2.31. The van der Waals surface area contributed by atoms with Gasteiger partial charge in [0.25, 0.3) is 0 Å². The van der Waals surface area contributed by atoms with Crippen molar-refractivity contribution < 1.29 is 9.53 Å². The summed E-state index contributed by atoms with van der Waals surface area (Å²) in [7, 11) is 0. The van der Waals surface area contributed by atoms with Gasteiger partial charge in [-0.25, -0.2) is 15.0 Å². The van der Waals surface area contributed by atoms with Gasteiger partial charge in [-0.3, -0.25) is 10.1 Å². The van der Waals surface area contributed by atoms with E-state index in [0.29, 0.717) is 31.7 Å². The van der Waals surface area contributed by atoms with E-state index in [2.05, 4.69) is 29.7 Å². The Morgan fingerprint density at radius 1 is 1.23 bits per heavy atom. The number of fused-ring (bicyclic) bond motifs is 1. The van der Waals surface area contributed by atoms with E-state index in [1.807, 2.05) is 31.2 Å². The molecule has 0 saturated carbocycles. The molecule has 3 heterocycles. The van der Waals surface area contributed by atoms with Gasteiger partial charge in [0.2, 0.25) is 17.8 Å². The van der Waals surface area contributed by atoms with Crippen LogP contribution in [0.4, 0.5) is 11.9 Å². The number of aromatic nitrogens is 4. The Morgan fingerprint density at radius 2 is 2.07 bits per heavy atom. The van der Waals surface area contributed by atoms with Crippen LogP contribution in [-0.2, 0) is 16.1 Å². The van der Waals surface area contributed by atoms with E-state index in [1.165, 1.54) is 0 Å². The Labute approximate surface area is 176 Å². The molecule has 4 rings (SSSR count). The first-order valence-electron chi connectivity index (χ1n) is 10.6. The number of aryl methyl sites for hydroxylation is 1. The smallest absolute Gasteiger partial charge is 0.231 e. The molecule has 0 radical (unpaired) electrons. The van der Waals surface area contributed by atoms with Crippen LogP contribution in [0.5, 0.6) is 0 Å². The monoisotopic (exact) mass is 408 g/mol. The number of imidazole rings is 1. The molecule has 8 nitrogen and oxygen atoms in total. The maximum Gasteiger partial charge on any atom is 0.231 e. The zero-order chi connectivity index (χ0) is 20.8. The second-order valence-corrected chi connectivity index (χ2v) is 7.45. The molecule has 158 valence electrons. The van der Waals surface area contributed by atoms with Gasteiger partial charge in [0.1, 0.15) is 0 Å². The molecule has 1 N–H and O–H groups in total. The van der Waals surface area contributed by atoms with E-state index >= 15 is 0 Å². The average Bonchev–Trinajstić information content (AvgIpc) is 3.14. The van der Waals surface area contributed by atoms with Crippen LogP contribution in [0.15, 0.2) is 42.7 Å². The van der Waals surface area contributed by atoms with Crippen LogP contribution in [0.3, 0.4) is 0 Å². The number of piperidine rings is 1. The Morgan fingerprint density at radius 3 is 2.90 bits per heavy atom. The lowest BCUT2D eigenvalue weighted by molar-refractivity contribution is -0.120. The fourth-order valence-corrected chi connectivity index (χ4v) is 3.91. The van der Waals surface area contributed by atoms with Gasteiger partial charge in [-0.15, -0.1) is 0 Å². The number of benzene rings is 1. The maximum atomic E-state index is 13.1. The highest BCUT2D eigenvalue weighted by atomic mass is 16.5. The van der Waals surface area contributed by atoms with E-state index in [0.717, 1.165) is 43.4 Å². The van der Waals surface area contributed by atoms with Gasteiger partial charge in [-0.1, -0.05) is 12.1 Å². The fourth-order valence-electron chi connectivity index (χ4n) is 3.91. The number of rotatable bonds is 8. The minimum atomic E-state index is -0.126. The van der Waals surface area contributed by atoms with Crippen molar-refractivity contribution in [2.75, 3.05) is 36.5 Å². The van der Waals surface area contributed by atoms with Crippen LogP contribution < -0.4 is 10.2 Å². The molecule has 1 atom stereocenters. The van der Waals surface area contributed by atoms with E-state index in [9.17, 15) is 4.79 Å².